The summed E-state index contributed by atoms with van der Waals surface area (Å²) in [6, 6.07) is 12.8. The summed E-state index contributed by atoms with van der Waals surface area (Å²) in [5, 5.41) is 3.03. The molecule has 0 atom stereocenters. The topological polar surface area (TPSA) is 3.24 Å². The Morgan fingerprint density at radius 3 is 2.58 bits per heavy atom. The van der Waals surface area contributed by atoms with Crippen molar-refractivity contribution in [3.8, 4) is 0 Å². The number of hydrogen-bond acceptors (Lipinski definition) is 2. The van der Waals surface area contributed by atoms with Crippen LogP contribution >= 0.6 is 34.4 Å². The van der Waals surface area contributed by atoms with E-state index in [1.165, 1.54) is 25.8 Å². The van der Waals surface area contributed by atoms with Gasteiger partial charge in [0.05, 0.1) is 11.2 Å². The molecule has 0 fully saturated rings. The predicted octanol–water partition coefficient (Wildman–Crippen LogP) is 7.28. The summed E-state index contributed by atoms with van der Waals surface area (Å²) in [7, 11) is 0. The molecule has 0 saturated carbocycles. The maximum atomic E-state index is 4.22. The molecule has 0 bridgehead atoms. The summed E-state index contributed by atoms with van der Waals surface area (Å²) in [6.07, 6.45) is 4.95. The van der Waals surface area contributed by atoms with Gasteiger partial charge in [0.25, 0.3) is 0 Å². The molecule has 0 radical (unpaired) electrons. The molecule has 0 saturated heterocycles. The first kappa shape index (κ1) is 20.6. The van der Waals surface area contributed by atoms with Gasteiger partial charge in [-0.3, -0.25) is 0 Å². The average Bonchev–Trinajstić information content (AvgIpc) is 2.61. The van der Waals surface area contributed by atoms with Gasteiger partial charge in [0.1, 0.15) is 0 Å². The summed E-state index contributed by atoms with van der Waals surface area (Å²) in [5.41, 5.74) is 9.18. The number of hydrogen-bond donors (Lipinski definition) is 0. The van der Waals surface area contributed by atoms with E-state index in [9.17, 15) is 0 Å². The van der Waals surface area contributed by atoms with Crippen LogP contribution in [0.5, 0.6) is 0 Å². The van der Waals surface area contributed by atoms with Crippen LogP contribution in [-0.4, -0.2) is 0 Å². The van der Waals surface area contributed by atoms with Crippen molar-refractivity contribution in [2.45, 2.75) is 27.2 Å². The van der Waals surface area contributed by atoms with Crippen LogP contribution in [0.15, 0.2) is 78.0 Å². The van der Waals surface area contributed by atoms with Crippen LogP contribution in [0.3, 0.4) is 0 Å². The maximum absolute atomic E-state index is 4.22. The Bertz CT molecular complexity index is 876. The van der Waals surface area contributed by atoms with Crippen LogP contribution in [-0.2, 0) is 6.42 Å². The second-order valence-electron chi connectivity index (χ2n) is 6.11. The van der Waals surface area contributed by atoms with Crippen LogP contribution in [0, 0.1) is 24.3 Å². The lowest BCUT2D eigenvalue weighted by Crippen LogP contribution is -2.12. The first-order valence-corrected chi connectivity index (χ1v) is 10.4. The molecule has 2 rings (SSSR count). The first-order valence-electron chi connectivity index (χ1n) is 8.41. The van der Waals surface area contributed by atoms with E-state index in [1.54, 1.807) is 11.8 Å². The highest BCUT2D eigenvalue weighted by atomic mass is 127. The standard InChI is InChI=1S/C23H24INS/c1-6-13-25(23-12-8-7-10-17(23)2)20(5)26-14-9-11-21-15-19(4)22(24)16-18(21)3/h7-10,12-16H,1,5,11H2,2-4H3/b14-9+. The van der Waals surface area contributed by atoms with E-state index in [4.69, 9.17) is 0 Å². The second kappa shape index (κ2) is 9.86. The highest BCUT2D eigenvalue weighted by molar-refractivity contribution is 14.1. The third-order valence-electron chi connectivity index (χ3n) is 4.12. The van der Waals surface area contributed by atoms with E-state index >= 15 is 0 Å². The van der Waals surface area contributed by atoms with Gasteiger partial charge in [0.15, 0.2) is 0 Å². The number of nitrogens with zero attached hydrogens (tertiary/aromatic N) is 1. The molecule has 1 nitrogen and oxygen atoms in total. The van der Waals surface area contributed by atoms with Gasteiger partial charge >= 0.3 is 0 Å². The zero-order valence-corrected chi connectivity index (χ0v) is 18.5. The molecule has 0 N–H and O–H groups in total. The summed E-state index contributed by atoms with van der Waals surface area (Å²) >= 11 is 4.00. The Morgan fingerprint density at radius 1 is 1.15 bits per heavy atom. The molecule has 134 valence electrons. The summed E-state index contributed by atoms with van der Waals surface area (Å²) in [4.78, 5) is 2.03. The summed E-state index contributed by atoms with van der Waals surface area (Å²) < 4.78 is 1.32. The minimum atomic E-state index is 0.919. The fourth-order valence-corrected chi connectivity index (χ4v) is 3.86. The molecule has 0 unspecified atom stereocenters. The first-order chi connectivity index (χ1) is 12.4. The lowest BCUT2D eigenvalue weighted by Gasteiger charge is -2.22. The third kappa shape index (κ3) is 5.41. The lowest BCUT2D eigenvalue weighted by molar-refractivity contribution is 1.19. The monoisotopic (exact) mass is 473 g/mol. The number of anilines is 1. The smallest absolute Gasteiger partial charge is 0.0768 e. The molecule has 0 aromatic heterocycles. The number of allylic oxidation sites excluding steroid dienone is 1. The normalized spacial score (nSPS) is 10.6. The number of aryl methyl sites for hydroxylation is 3. The quantitative estimate of drug-likeness (QED) is 0.307. The van der Waals surface area contributed by atoms with E-state index in [2.05, 4.69) is 98.0 Å². The SMILES string of the molecule is C=C=CN(C(=C)S/C=C/Cc1cc(C)c(I)cc1C)c1ccccc1C. The molecule has 0 amide bonds. The number of benzene rings is 2. The van der Waals surface area contributed by atoms with Gasteiger partial charge in [-0.1, -0.05) is 55.3 Å². The van der Waals surface area contributed by atoms with Gasteiger partial charge in [-0.15, -0.1) is 5.73 Å². The fraction of sp³-hybridized carbons (Fsp3) is 0.174. The van der Waals surface area contributed by atoms with Crippen LogP contribution in [0.25, 0.3) is 0 Å². The molecule has 26 heavy (non-hydrogen) atoms. The molecule has 0 aliphatic rings. The van der Waals surface area contributed by atoms with Crippen molar-refractivity contribution in [1.82, 2.24) is 0 Å². The van der Waals surface area contributed by atoms with E-state index < -0.39 is 0 Å². The molecule has 2 aromatic carbocycles. The molecule has 0 heterocycles. The molecular weight excluding hydrogens is 449 g/mol. The minimum absolute atomic E-state index is 0.919. The third-order valence-corrected chi connectivity index (χ3v) is 6.08. The molecular formula is C23H24INS. The zero-order valence-electron chi connectivity index (χ0n) is 15.6. The Kier molecular flexibility index (Phi) is 7.83. The van der Waals surface area contributed by atoms with Gasteiger partial charge in [0.2, 0.25) is 0 Å². The minimum Gasteiger partial charge on any atom is -0.304 e. The van der Waals surface area contributed by atoms with E-state index in [0.717, 1.165) is 17.1 Å². The predicted molar refractivity (Wildman–Crippen MR) is 126 cm³/mol. The number of thioether (sulfide) groups is 1. The number of halogens is 1. The van der Waals surface area contributed by atoms with Crippen LogP contribution in [0.1, 0.15) is 22.3 Å². The van der Waals surface area contributed by atoms with Crippen molar-refractivity contribution >= 4 is 40.0 Å². The van der Waals surface area contributed by atoms with Gasteiger partial charge in [-0.05, 0) is 89.6 Å². The molecule has 3 heteroatoms. The van der Waals surface area contributed by atoms with E-state index in [1.807, 2.05) is 23.2 Å². The largest absolute Gasteiger partial charge is 0.304 e. The summed E-state index contributed by atoms with van der Waals surface area (Å²) in [6.45, 7) is 14.3. The van der Waals surface area contributed by atoms with Gasteiger partial charge in [-0.25, -0.2) is 0 Å². The summed E-state index contributed by atoms with van der Waals surface area (Å²) in [5.74, 6) is 0. The highest BCUT2D eigenvalue weighted by Gasteiger charge is 2.09. The molecule has 0 aliphatic carbocycles. The Labute approximate surface area is 175 Å². The van der Waals surface area contributed by atoms with Crippen LogP contribution in [0.2, 0.25) is 0 Å². The van der Waals surface area contributed by atoms with E-state index in [0.29, 0.717) is 0 Å². The molecule has 0 aliphatic heterocycles. The fourth-order valence-electron chi connectivity index (χ4n) is 2.62. The van der Waals surface area contributed by atoms with Crippen LogP contribution < -0.4 is 4.90 Å². The van der Waals surface area contributed by atoms with Crippen molar-refractivity contribution in [2.75, 3.05) is 4.90 Å². The second-order valence-corrected chi connectivity index (χ2v) is 8.25. The van der Waals surface area contributed by atoms with Crippen LogP contribution in [0.4, 0.5) is 5.69 Å². The van der Waals surface area contributed by atoms with Crippen molar-refractivity contribution < 1.29 is 0 Å². The Hall–Kier alpha value is -1.68. The van der Waals surface area contributed by atoms with Gasteiger partial charge in [-0.2, -0.15) is 0 Å². The maximum Gasteiger partial charge on any atom is 0.0768 e. The lowest BCUT2D eigenvalue weighted by atomic mass is 10.0. The Balaban J connectivity index is 2.06. The average molecular weight is 473 g/mol. The van der Waals surface area contributed by atoms with Gasteiger partial charge in [0, 0.05) is 9.26 Å². The Morgan fingerprint density at radius 2 is 1.88 bits per heavy atom. The van der Waals surface area contributed by atoms with E-state index in [-0.39, 0.29) is 0 Å². The van der Waals surface area contributed by atoms with Crippen molar-refractivity contribution in [3.05, 3.63) is 104 Å². The molecule has 0 spiro atoms. The van der Waals surface area contributed by atoms with Gasteiger partial charge < -0.3 is 4.90 Å². The zero-order chi connectivity index (χ0) is 19.1. The number of para-hydroxylation sites is 1. The number of rotatable bonds is 7. The molecule has 2 aromatic rings. The van der Waals surface area contributed by atoms with Crippen molar-refractivity contribution in [3.63, 3.8) is 0 Å². The van der Waals surface area contributed by atoms with Crippen molar-refractivity contribution in [1.29, 1.82) is 0 Å². The highest BCUT2D eigenvalue weighted by Crippen LogP contribution is 2.29. The van der Waals surface area contributed by atoms with Crippen molar-refractivity contribution in [2.24, 2.45) is 0 Å².